The van der Waals surface area contributed by atoms with E-state index in [1.165, 1.54) is 42.2 Å². The molecule has 0 fully saturated rings. The number of nitrogens with zero attached hydrogens (tertiary/aromatic N) is 2. The van der Waals surface area contributed by atoms with Gasteiger partial charge in [-0.3, -0.25) is 10.1 Å². The molecule has 3 rings (SSSR count). The number of hydrogen-bond donors (Lipinski definition) is 2. The van der Waals surface area contributed by atoms with Crippen molar-refractivity contribution in [2.45, 2.75) is 6.92 Å². The van der Waals surface area contributed by atoms with Crippen LogP contribution in [0.2, 0.25) is 0 Å². The normalized spacial score (nSPS) is 10.4. The van der Waals surface area contributed by atoms with Crippen molar-refractivity contribution >= 4 is 17.9 Å². The summed E-state index contributed by atoms with van der Waals surface area (Å²) >= 11 is 0. The number of carbonyl (C=O) groups is 3. The second-order valence-electron chi connectivity index (χ2n) is 6.39. The van der Waals surface area contributed by atoms with Gasteiger partial charge in [0.05, 0.1) is 5.69 Å². The molecule has 3 amide bonds. The van der Waals surface area contributed by atoms with Gasteiger partial charge < -0.3 is 10.1 Å². The summed E-state index contributed by atoms with van der Waals surface area (Å²) in [7, 11) is 1.35. The van der Waals surface area contributed by atoms with E-state index in [-0.39, 0.29) is 5.56 Å². The lowest BCUT2D eigenvalue weighted by Gasteiger charge is -2.06. The Bertz CT molecular complexity index is 1090. The minimum Gasteiger partial charge on any atom is -0.452 e. The summed E-state index contributed by atoms with van der Waals surface area (Å²) in [5.74, 6) is -1.95. The van der Waals surface area contributed by atoms with E-state index in [4.69, 9.17) is 4.74 Å². The number of imide groups is 1. The Kier molecular flexibility index (Phi) is 6.21. The minimum absolute atomic E-state index is 0.123. The second kappa shape index (κ2) is 8.99. The summed E-state index contributed by atoms with van der Waals surface area (Å²) in [6, 6.07) is 12.3. The van der Waals surface area contributed by atoms with Crippen LogP contribution in [0.25, 0.3) is 16.9 Å². The zero-order chi connectivity index (χ0) is 21.7. The molecule has 30 heavy (non-hydrogen) atoms. The standard InChI is InChI=1S/C21H19FN4O4/c1-13-4-3-5-14(10-13)19-17(20(28)30-12-18(27)24-21(29)23-2)11-26(25-19)16-8-6-15(22)7-9-16/h3-11H,12H2,1-2H3,(H2,23,24,27,29). The molecule has 8 nitrogen and oxygen atoms in total. The first-order valence-electron chi connectivity index (χ1n) is 8.98. The largest absolute Gasteiger partial charge is 0.452 e. The molecule has 3 aromatic rings. The lowest BCUT2D eigenvalue weighted by molar-refractivity contribution is -0.123. The van der Waals surface area contributed by atoms with E-state index >= 15 is 0 Å². The molecule has 2 N–H and O–H groups in total. The number of urea groups is 1. The Labute approximate surface area is 171 Å². The molecule has 0 saturated carbocycles. The fourth-order valence-corrected chi connectivity index (χ4v) is 2.69. The van der Waals surface area contributed by atoms with Gasteiger partial charge in [0.2, 0.25) is 0 Å². The lowest BCUT2D eigenvalue weighted by atomic mass is 10.1. The fourth-order valence-electron chi connectivity index (χ4n) is 2.69. The molecule has 0 spiro atoms. The molecule has 2 aromatic carbocycles. The Morgan fingerprint density at radius 1 is 1.13 bits per heavy atom. The third kappa shape index (κ3) is 4.88. The maximum Gasteiger partial charge on any atom is 0.342 e. The highest BCUT2D eigenvalue weighted by molar-refractivity contribution is 5.99. The highest BCUT2D eigenvalue weighted by Crippen LogP contribution is 2.25. The Hall–Kier alpha value is -4.01. The van der Waals surface area contributed by atoms with E-state index < -0.39 is 30.3 Å². The monoisotopic (exact) mass is 410 g/mol. The van der Waals surface area contributed by atoms with Crippen LogP contribution in [0.1, 0.15) is 15.9 Å². The first-order valence-corrected chi connectivity index (χ1v) is 8.98. The van der Waals surface area contributed by atoms with Crippen molar-refractivity contribution in [3.05, 3.63) is 71.7 Å². The third-order valence-electron chi connectivity index (χ3n) is 4.13. The van der Waals surface area contributed by atoms with Crippen LogP contribution in [-0.4, -0.2) is 41.3 Å². The van der Waals surface area contributed by atoms with Gasteiger partial charge in [0.15, 0.2) is 6.61 Å². The minimum atomic E-state index is -0.785. The predicted octanol–water partition coefficient (Wildman–Crippen LogP) is 2.60. The summed E-state index contributed by atoms with van der Waals surface area (Å²) in [5.41, 5.74) is 2.66. The molecule has 0 bridgehead atoms. The van der Waals surface area contributed by atoms with Gasteiger partial charge in [-0.2, -0.15) is 5.10 Å². The van der Waals surface area contributed by atoms with E-state index in [1.54, 1.807) is 6.07 Å². The molecule has 1 aromatic heterocycles. The van der Waals surface area contributed by atoms with Gasteiger partial charge in [0.25, 0.3) is 5.91 Å². The number of aryl methyl sites for hydroxylation is 1. The number of ether oxygens (including phenoxy) is 1. The van der Waals surface area contributed by atoms with Crippen molar-refractivity contribution in [3.8, 4) is 16.9 Å². The zero-order valence-electron chi connectivity index (χ0n) is 16.3. The number of halogens is 1. The molecule has 0 unspecified atom stereocenters. The molecule has 0 atom stereocenters. The summed E-state index contributed by atoms with van der Waals surface area (Å²) in [4.78, 5) is 35.5. The Balaban J connectivity index is 1.91. The van der Waals surface area contributed by atoms with Crippen LogP contribution in [0.3, 0.4) is 0 Å². The lowest BCUT2D eigenvalue weighted by Crippen LogP contribution is -2.39. The molecular weight excluding hydrogens is 391 g/mol. The summed E-state index contributed by atoms with van der Waals surface area (Å²) in [6.45, 7) is 1.27. The van der Waals surface area contributed by atoms with E-state index in [0.717, 1.165) is 5.56 Å². The maximum absolute atomic E-state index is 13.2. The maximum atomic E-state index is 13.2. The van der Waals surface area contributed by atoms with Crippen LogP contribution in [0.4, 0.5) is 9.18 Å². The van der Waals surface area contributed by atoms with E-state index in [1.807, 2.05) is 30.4 Å². The third-order valence-corrected chi connectivity index (χ3v) is 4.13. The zero-order valence-corrected chi connectivity index (χ0v) is 16.3. The number of nitrogens with one attached hydrogen (secondary N) is 2. The van der Waals surface area contributed by atoms with E-state index in [0.29, 0.717) is 16.9 Å². The van der Waals surface area contributed by atoms with Gasteiger partial charge in [-0.15, -0.1) is 0 Å². The molecule has 154 valence electrons. The van der Waals surface area contributed by atoms with Crippen molar-refractivity contribution in [1.82, 2.24) is 20.4 Å². The molecule has 0 radical (unpaired) electrons. The topological polar surface area (TPSA) is 102 Å². The average Bonchev–Trinajstić information content (AvgIpc) is 3.18. The molecule has 0 aliphatic rings. The fraction of sp³-hybridized carbons (Fsp3) is 0.143. The first-order chi connectivity index (χ1) is 14.4. The molecule has 1 heterocycles. The quantitative estimate of drug-likeness (QED) is 0.630. The average molecular weight is 410 g/mol. The number of rotatable bonds is 5. The van der Waals surface area contributed by atoms with Crippen LogP contribution in [-0.2, 0) is 9.53 Å². The number of benzene rings is 2. The molecule has 0 saturated heterocycles. The number of amides is 3. The van der Waals surface area contributed by atoms with E-state index in [9.17, 15) is 18.8 Å². The predicted molar refractivity (Wildman–Crippen MR) is 107 cm³/mol. The Morgan fingerprint density at radius 3 is 2.53 bits per heavy atom. The van der Waals surface area contributed by atoms with Crippen molar-refractivity contribution in [2.75, 3.05) is 13.7 Å². The molecule has 0 aliphatic heterocycles. The SMILES string of the molecule is CNC(=O)NC(=O)COC(=O)c1cn(-c2ccc(F)cc2)nc1-c1cccc(C)c1. The summed E-state index contributed by atoms with van der Waals surface area (Å²) in [5, 5.41) is 8.69. The summed E-state index contributed by atoms with van der Waals surface area (Å²) in [6.07, 6.45) is 1.45. The Morgan fingerprint density at radius 2 is 1.87 bits per heavy atom. The summed E-state index contributed by atoms with van der Waals surface area (Å²) < 4.78 is 19.7. The van der Waals surface area contributed by atoms with Gasteiger partial charge in [-0.25, -0.2) is 18.7 Å². The number of carbonyl (C=O) groups excluding carboxylic acids is 3. The van der Waals surface area contributed by atoms with Gasteiger partial charge in [0.1, 0.15) is 17.1 Å². The van der Waals surface area contributed by atoms with Crippen molar-refractivity contribution < 1.29 is 23.5 Å². The van der Waals surface area contributed by atoms with Crippen LogP contribution in [0.5, 0.6) is 0 Å². The van der Waals surface area contributed by atoms with E-state index in [2.05, 4.69) is 10.4 Å². The van der Waals surface area contributed by atoms with Gasteiger partial charge >= 0.3 is 12.0 Å². The number of aromatic nitrogens is 2. The highest BCUT2D eigenvalue weighted by atomic mass is 19.1. The highest BCUT2D eigenvalue weighted by Gasteiger charge is 2.21. The van der Waals surface area contributed by atoms with Crippen LogP contribution >= 0.6 is 0 Å². The molecular formula is C21H19FN4O4. The number of hydrogen-bond acceptors (Lipinski definition) is 5. The van der Waals surface area contributed by atoms with Crippen molar-refractivity contribution in [2.24, 2.45) is 0 Å². The van der Waals surface area contributed by atoms with Crippen LogP contribution < -0.4 is 10.6 Å². The number of esters is 1. The second-order valence-corrected chi connectivity index (χ2v) is 6.39. The van der Waals surface area contributed by atoms with Crippen LogP contribution in [0, 0.1) is 12.7 Å². The molecule has 9 heteroatoms. The van der Waals surface area contributed by atoms with Gasteiger partial charge in [-0.05, 0) is 37.3 Å². The van der Waals surface area contributed by atoms with Crippen molar-refractivity contribution in [1.29, 1.82) is 0 Å². The van der Waals surface area contributed by atoms with Crippen LogP contribution in [0.15, 0.2) is 54.7 Å². The smallest absolute Gasteiger partial charge is 0.342 e. The van der Waals surface area contributed by atoms with Crippen molar-refractivity contribution in [3.63, 3.8) is 0 Å². The van der Waals surface area contributed by atoms with Gasteiger partial charge in [-0.1, -0.05) is 23.8 Å². The van der Waals surface area contributed by atoms with Gasteiger partial charge in [0, 0.05) is 18.8 Å². The molecule has 0 aliphatic carbocycles. The first kappa shape index (κ1) is 20.7.